The second-order valence-corrected chi connectivity index (χ2v) is 8.38. The number of halogens is 1. The van der Waals surface area contributed by atoms with Crippen LogP contribution in [0.25, 0.3) is 0 Å². The number of nitrogens with two attached hydrogens (primary N) is 1. The first-order valence-corrected chi connectivity index (χ1v) is 9.54. The molecular formula is C13H19ClN2O2S2. The Morgan fingerprint density at radius 1 is 1.45 bits per heavy atom. The number of nitrogens with one attached hydrogen (secondary N) is 1. The van der Waals surface area contributed by atoms with Gasteiger partial charge in [-0.25, -0.2) is 13.1 Å². The van der Waals surface area contributed by atoms with Gasteiger partial charge in [-0.05, 0) is 30.7 Å². The quantitative estimate of drug-likeness (QED) is 0.812. The Morgan fingerprint density at radius 3 is 2.85 bits per heavy atom. The van der Waals surface area contributed by atoms with E-state index in [2.05, 4.69) is 11.6 Å². The van der Waals surface area contributed by atoms with E-state index in [0.717, 1.165) is 25.0 Å². The van der Waals surface area contributed by atoms with Crippen molar-refractivity contribution in [2.75, 3.05) is 11.5 Å². The topological polar surface area (TPSA) is 72.2 Å². The molecule has 1 aromatic rings. The zero-order valence-electron chi connectivity index (χ0n) is 11.3. The first-order chi connectivity index (χ1) is 9.45. The molecule has 0 radical (unpaired) electrons. The van der Waals surface area contributed by atoms with Crippen LogP contribution in [0.2, 0.25) is 5.02 Å². The van der Waals surface area contributed by atoms with E-state index in [9.17, 15) is 8.42 Å². The number of anilines is 1. The van der Waals surface area contributed by atoms with E-state index in [1.165, 1.54) is 0 Å². The number of rotatable bonds is 5. The number of hydrogen-bond donors (Lipinski definition) is 2. The van der Waals surface area contributed by atoms with Gasteiger partial charge in [0.25, 0.3) is 0 Å². The lowest BCUT2D eigenvalue weighted by Crippen LogP contribution is -2.39. The highest BCUT2D eigenvalue weighted by molar-refractivity contribution is 8.00. The molecule has 2 unspecified atom stereocenters. The molecule has 0 heterocycles. The van der Waals surface area contributed by atoms with Gasteiger partial charge in [-0.3, -0.25) is 0 Å². The molecule has 2 rings (SSSR count). The molecule has 0 saturated heterocycles. The zero-order valence-corrected chi connectivity index (χ0v) is 13.7. The fraction of sp³-hybridized carbons (Fsp3) is 0.538. The number of benzene rings is 1. The van der Waals surface area contributed by atoms with E-state index >= 15 is 0 Å². The van der Waals surface area contributed by atoms with Crippen LogP contribution in [0.5, 0.6) is 0 Å². The van der Waals surface area contributed by atoms with Crippen molar-refractivity contribution in [1.29, 1.82) is 0 Å². The fourth-order valence-corrected chi connectivity index (χ4v) is 5.81. The third kappa shape index (κ3) is 3.42. The maximum atomic E-state index is 12.5. The van der Waals surface area contributed by atoms with Crippen molar-refractivity contribution in [1.82, 2.24) is 4.72 Å². The zero-order chi connectivity index (χ0) is 14.8. The average molecular weight is 335 g/mol. The highest BCUT2D eigenvalue weighted by Crippen LogP contribution is 2.33. The van der Waals surface area contributed by atoms with Gasteiger partial charge in [0, 0.05) is 11.3 Å². The van der Waals surface area contributed by atoms with Gasteiger partial charge in [0.2, 0.25) is 10.0 Å². The molecule has 2 atom stereocenters. The first-order valence-electron chi connectivity index (χ1n) is 6.63. The predicted octanol–water partition coefficient (Wildman–Crippen LogP) is 2.87. The second kappa shape index (κ2) is 6.56. The Kier molecular flexibility index (Phi) is 5.23. The van der Waals surface area contributed by atoms with Crippen molar-refractivity contribution in [3.63, 3.8) is 0 Å². The van der Waals surface area contributed by atoms with Gasteiger partial charge >= 0.3 is 0 Å². The average Bonchev–Trinajstić information content (AvgIpc) is 2.76. The fourth-order valence-electron chi connectivity index (χ4n) is 2.54. The minimum Gasteiger partial charge on any atom is -0.398 e. The Morgan fingerprint density at radius 2 is 2.20 bits per heavy atom. The molecule has 0 amide bonds. The highest BCUT2D eigenvalue weighted by atomic mass is 35.5. The van der Waals surface area contributed by atoms with Gasteiger partial charge in [0.15, 0.2) is 0 Å². The molecule has 7 heteroatoms. The summed E-state index contributed by atoms with van der Waals surface area (Å²) in [6.07, 6.45) is 2.95. The largest absolute Gasteiger partial charge is 0.398 e. The lowest BCUT2D eigenvalue weighted by Gasteiger charge is -2.21. The molecule has 1 saturated carbocycles. The van der Waals surface area contributed by atoms with Crippen LogP contribution >= 0.6 is 23.4 Å². The van der Waals surface area contributed by atoms with Crippen LogP contribution in [0.1, 0.15) is 26.2 Å². The van der Waals surface area contributed by atoms with Crippen molar-refractivity contribution in [2.45, 2.75) is 42.4 Å². The SMILES string of the molecule is CCSC1CCCC1NS(=O)(=O)c1c(N)cccc1Cl. The van der Waals surface area contributed by atoms with Crippen molar-refractivity contribution < 1.29 is 8.42 Å². The summed E-state index contributed by atoms with van der Waals surface area (Å²) in [5, 5.41) is 0.494. The maximum Gasteiger partial charge on any atom is 0.244 e. The molecule has 3 N–H and O–H groups in total. The summed E-state index contributed by atoms with van der Waals surface area (Å²) in [6, 6.07) is 4.69. The van der Waals surface area contributed by atoms with Crippen molar-refractivity contribution >= 4 is 39.1 Å². The number of nitrogen functional groups attached to an aromatic ring is 1. The van der Waals surface area contributed by atoms with Crippen molar-refractivity contribution in [2.24, 2.45) is 0 Å². The minimum absolute atomic E-state index is 0.00573. The summed E-state index contributed by atoms with van der Waals surface area (Å²) in [4.78, 5) is -0.00573. The Bertz CT molecular complexity index is 557. The van der Waals surface area contributed by atoms with Crippen LogP contribution in [0.3, 0.4) is 0 Å². The first kappa shape index (κ1) is 15.9. The molecule has 1 aromatic carbocycles. The van der Waals surface area contributed by atoms with E-state index in [-0.39, 0.29) is 21.6 Å². The molecule has 20 heavy (non-hydrogen) atoms. The molecule has 0 aliphatic heterocycles. The number of hydrogen-bond acceptors (Lipinski definition) is 4. The van der Waals surface area contributed by atoms with E-state index in [0.29, 0.717) is 5.25 Å². The molecule has 0 aromatic heterocycles. The highest BCUT2D eigenvalue weighted by Gasteiger charge is 2.32. The minimum atomic E-state index is -3.68. The molecule has 0 bridgehead atoms. The second-order valence-electron chi connectivity index (χ2n) is 4.81. The van der Waals surface area contributed by atoms with Crippen LogP contribution in [0.4, 0.5) is 5.69 Å². The molecule has 4 nitrogen and oxygen atoms in total. The summed E-state index contributed by atoms with van der Waals surface area (Å²) in [7, 11) is -3.68. The van der Waals surface area contributed by atoms with E-state index in [1.807, 2.05) is 0 Å². The monoisotopic (exact) mass is 334 g/mol. The summed E-state index contributed by atoms with van der Waals surface area (Å²) in [5.74, 6) is 0.983. The maximum absolute atomic E-state index is 12.5. The van der Waals surface area contributed by atoms with Crippen molar-refractivity contribution in [3.8, 4) is 0 Å². The number of sulfonamides is 1. The molecular weight excluding hydrogens is 316 g/mol. The van der Waals surface area contributed by atoms with E-state index < -0.39 is 10.0 Å². The third-order valence-electron chi connectivity index (χ3n) is 3.41. The van der Waals surface area contributed by atoms with Crippen LogP contribution in [-0.4, -0.2) is 25.5 Å². The van der Waals surface area contributed by atoms with E-state index in [1.54, 1.807) is 30.0 Å². The summed E-state index contributed by atoms with van der Waals surface area (Å²) < 4.78 is 27.8. The van der Waals surface area contributed by atoms with Gasteiger partial charge in [0.1, 0.15) is 4.90 Å². The molecule has 1 aliphatic rings. The van der Waals surface area contributed by atoms with E-state index in [4.69, 9.17) is 17.3 Å². The third-order valence-corrected chi connectivity index (χ3v) is 6.76. The standard InChI is InChI=1S/C13H19ClN2O2S2/c1-2-19-12-8-4-7-11(12)16-20(17,18)13-9(14)5-3-6-10(13)15/h3,5-6,11-12,16H,2,4,7-8,15H2,1H3. The lowest BCUT2D eigenvalue weighted by molar-refractivity contribution is 0.555. The van der Waals surface area contributed by atoms with Gasteiger partial charge in [0.05, 0.1) is 10.7 Å². The van der Waals surface area contributed by atoms with Crippen molar-refractivity contribution in [3.05, 3.63) is 23.2 Å². The van der Waals surface area contributed by atoms with Gasteiger partial charge in [-0.15, -0.1) is 0 Å². The lowest BCUT2D eigenvalue weighted by atomic mass is 10.3. The Hall–Kier alpha value is -0.430. The Balaban J connectivity index is 2.23. The van der Waals surface area contributed by atoms with Crippen LogP contribution in [-0.2, 0) is 10.0 Å². The predicted molar refractivity (Wildman–Crippen MR) is 85.7 cm³/mol. The van der Waals surface area contributed by atoms with Gasteiger partial charge in [-0.1, -0.05) is 31.0 Å². The van der Waals surface area contributed by atoms with Crippen LogP contribution in [0, 0.1) is 0 Å². The molecule has 112 valence electrons. The Labute approximate surface area is 129 Å². The summed E-state index contributed by atoms with van der Waals surface area (Å²) >= 11 is 7.79. The normalized spacial score (nSPS) is 23.1. The smallest absolute Gasteiger partial charge is 0.244 e. The number of thioether (sulfide) groups is 1. The summed E-state index contributed by atoms with van der Waals surface area (Å²) in [6.45, 7) is 2.08. The summed E-state index contributed by atoms with van der Waals surface area (Å²) in [5.41, 5.74) is 5.95. The van der Waals surface area contributed by atoms with Crippen LogP contribution < -0.4 is 10.5 Å². The molecule has 1 aliphatic carbocycles. The van der Waals surface area contributed by atoms with Gasteiger partial charge in [-0.2, -0.15) is 11.8 Å². The molecule has 0 spiro atoms. The molecule has 1 fully saturated rings. The van der Waals surface area contributed by atoms with Crippen LogP contribution in [0.15, 0.2) is 23.1 Å². The van der Waals surface area contributed by atoms with Gasteiger partial charge < -0.3 is 5.73 Å².